The molecular formula is C12H12N2OSe. The normalized spacial score (nSPS) is 11.7. The van der Waals surface area contributed by atoms with Crippen LogP contribution in [0.3, 0.4) is 0 Å². The number of aliphatic hydroxyl groups is 1. The Morgan fingerprint density at radius 1 is 1.38 bits per heavy atom. The van der Waals surface area contributed by atoms with Crippen molar-refractivity contribution in [3.05, 3.63) is 54.0 Å². The molecule has 1 aromatic heterocycles. The van der Waals surface area contributed by atoms with E-state index in [1.807, 2.05) is 29.0 Å². The van der Waals surface area contributed by atoms with Crippen LogP contribution in [0.2, 0.25) is 0 Å². The number of imidazole rings is 1. The minimum atomic E-state index is 0.0327. The van der Waals surface area contributed by atoms with Crippen molar-refractivity contribution in [3.8, 4) is 0 Å². The van der Waals surface area contributed by atoms with Gasteiger partial charge in [-0.05, 0) is 0 Å². The van der Waals surface area contributed by atoms with Crippen LogP contribution in [0.5, 0.6) is 0 Å². The molecule has 0 atom stereocenters. The summed E-state index contributed by atoms with van der Waals surface area (Å²) in [4.78, 5) is 6.04. The first-order valence-electron chi connectivity index (χ1n) is 4.90. The number of aliphatic hydroxyl groups excluding tert-OH is 1. The van der Waals surface area contributed by atoms with E-state index in [9.17, 15) is 5.11 Å². The Morgan fingerprint density at radius 3 is 2.81 bits per heavy atom. The van der Waals surface area contributed by atoms with E-state index in [2.05, 4.69) is 22.1 Å². The van der Waals surface area contributed by atoms with E-state index in [1.54, 1.807) is 12.5 Å². The molecule has 1 heterocycles. The number of rotatable bonds is 4. The SMILES string of the molecule is OC/C(=C/[Se]c1ccccc1)n1ccnc1. The second-order valence-corrected chi connectivity index (χ2v) is 5.15. The van der Waals surface area contributed by atoms with Crippen molar-refractivity contribution < 1.29 is 5.11 Å². The third-order valence-electron chi connectivity index (χ3n) is 2.07. The number of benzene rings is 1. The Hall–Kier alpha value is -1.35. The molecule has 0 aliphatic rings. The Labute approximate surface area is 101 Å². The third-order valence-corrected chi connectivity index (χ3v) is 4.03. The molecule has 1 N–H and O–H groups in total. The first-order chi connectivity index (χ1) is 7.90. The van der Waals surface area contributed by atoms with Gasteiger partial charge in [0, 0.05) is 0 Å². The number of aromatic nitrogens is 2. The van der Waals surface area contributed by atoms with Crippen LogP contribution < -0.4 is 4.46 Å². The number of hydrogen-bond donors (Lipinski definition) is 1. The summed E-state index contributed by atoms with van der Waals surface area (Å²) in [6.07, 6.45) is 5.24. The molecule has 0 saturated heterocycles. The van der Waals surface area contributed by atoms with Crippen molar-refractivity contribution >= 4 is 25.1 Å². The molecule has 0 fully saturated rings. The monoisotopic (exact) mass is 280 g/mol. The van der Waals surface area contributed by atoms with Gasteiger partial charge in [0.15, 0.2) is 0 Å². The van der Waals surface area contributed by atoms with Crippen LogP contribution in [0.25, 0.3) is 5.70 Å². The molecule has 2 aromatic rings. The van der Waals surface area contributed by atoms with Gasteiger partial charge in [0.25, 0.3) is 0 Å². The summed E-state index contributed by atoms with van der Waals surface area (Å²) in [6, 6.07) is 10.3. The fourth-order valence-corrected chi connectivity index (χ4v) is 2.89. The van der Waals surface area contributed by atoms with Crippen molar-refractivity contribution in [3.63, 3.8) is 0 Å². The zero-order chi connectivity index (χ0) is 11.2. The molecule has 82 valence electrons. The molecule has 0 saturated carbocycles. The minimum absolute atomic E-state index is 0.0327. The Morgan fingerprint density at radius 2 is 2.19 bits per heavy atom. The van der Waals surface area contributed by atoms with Gasteiger partial charge in [0.2, 0.25) is 0 Å². The first-order valence-corrected chi connectivity index (χ1v) is 6.74. The fraction of sp³-hybridized carbons (Fsp3) is 0.0833. The van der Waals surface area contributed by atoms with Gasteiger partial charge < -0.3 is 0 Å². The maximum atomic E-state index is 9.27. The van der Waals surface area contributed by atoms with Gasteiger partial charge >= 0.3 is 100 Å². The topological polar surface area (TPSA) is 38.0 Å². The molecule has 0 amide bonds. The van der Waals surface area contributed by atoms with Gasteiger partial charge in [0.1, 0.15) is 0 Å². The molecule has 3 nitrogen and oxygen atoms in total. The zero-order valence-corrected chi connectivity index (χ0v) is 10.4. The van der Waals surface area contributed by atoms with E-state index in [0.29, 0.717) is 0 Å². The molecule has 16 heavy (non-hydrogen) atoms. The third kappa shape index (κ3) is 2.83. The van der Waals surface area contributed by atoms with E-state index in [1.165, 1.54) is 4.46 Å². The van der Waals surface area contributed by atoms with E-state index in [0.717, 1.165) is 5.70 Å². The molecule has 0 spiro atoms. The summed E-state index contributed by atoms with van der Waals surface area (Å²) in [5.74, 6) is 0. The second-order valence-electron chi connectivity index (χ2n) is 3.17. The summed E-state index contributed by atoms with van der Waals surface area (Å²) >= 11 is 0.240. The van der Waals surface area contributed by atoms with Crippen LogP contribution in [0.4, 0.5) is 0 Å². The molecule has 4 heteroatoms. The van der Waals surface area contributed by atoms with Gasteiger partial charge in [0.05, 0.1) is 0 Å². The Bertz CT molecular complexity index is 451. The van der Waals surface area contributed by atoms with Crippen molar-refractivity contribution in [1.82, 2.24) is 9.55 Å². The van der Waals surface area contributed by atoms with Crippen LogP contribution in [-0.4, -0.2) is 36.2 Å². The van der Waals surface area contributed by atoms with Crippen LogP contribution in [0.15, 0.2) is 54.0 Å². The fourth-order valence-electron chi connectivity index (χ4n) is 1.24. The van der Waals surface area contributed by atoms with Gasteiger partial charge in [-0.3, -0.25) is 0 Å². The summed E-state index contributed by atoms with van der Waals surface area (Å²) < 4.78 is 3.13. The molecule has 0 unspecified atom stereocenters. The quantitative estimate of drug-likeness (QED) is 0.837. The van der Waals surface area contributed by atoms with E-state index < -0.39 is 0 Å². The molecule has 2 rings (SSSR count). The van der Waals surface area contributed by atoms with E-state index >= 15 is 0 Å². The molecule has 1 aromatic carbocycles. The summed E-state index contributed by atoms with van der Waals surface area (Å²) in [5.41, 5.74) is 0.876. The van der Waals surface area contributed by atoms with Crippen LogP contribution >= 0.6 is 0 Å². The van der Waals surface area contributed by atoms with Gasteiger partial charge in [-0.1, -0.05) is 0 Å². The Kier molecular flexibility index (Phi) is 3.94. The van der Waals surface area contributed by atoms with Crippen LogP contribution in [-0.2, 0) is 0 Å². The average molecular weight is 279 g/mol. The van der Waals surface area contributed by atoms with E-state index in [4.69, 9.17) is 0 Å². The van der Waals surface area contributed by atoms with Gasteiger partial charge in [-0.25, -0.2) is 0 Å². The van der Waals surface area contributed by atoms with Gasteiger partial charge in [-0.2, -0.15) is 0 Å². The van der Waals surface area contributed by atoms with Crippen molar-refractivity contribution in [2.24, 2.45) is 0 Å². The standard InChI is InChI=1S/C12H12N2OSe/c15-8-11(14-7-6-13-10-14)9-16-12-4-2-1-3-5-12/h1-7,9-10,15H,8H2/b11-9-. The molecule has 0 aliphatic carbocycles. The predicted molar refractivity (Wildman–Crippen MR) is 65.4 cm³/mol. The number of hydrogen-bond acceptors (Lipinski definition) is 2. The number of nitrogens with zero attached hydrogens (tertiary/aromatic N) is 2. The predicted octanol–water partition coefficient (Wildman–Crippen LogP) is 0.704. The maximum absolute atomic E-state index is 9.27. The summed E-state index contributed by atoms with van der Waals surface area (Å²) in [6.45, 7) is 0.0327. The van der Waals surface area contributed by atoms with Crippen LogP contribution in [0, 0.1) is 0 Å². The molecule has 0 aliphatic heterocycles. The van der Waals surface area contributed by atoms with Crippen LogP contribution in [0.1, 0.15) is 0 Å². The second kappa shape index (κ2) is 5.66. The zero-order valence-electron chi connectivity index (χ0n) is 8.65. The summed E-state index contributed by atoms with van der Waals surface area (Å²) in [7, 11) is 0. The van der Waals surface area contributed by atoms with E-state index in [-0.39, 0.29) is 21.6 Å². The summed E-state index contributed by atoms with van der Waals surface area (Å²) in [5, 5.41) is 9.27. The van der Waals surface area contributed by atoms with Crippen molar-refractivity contribution in [2.75, 3.05) is 6.61 Å². The molecular weight excluding hydrogens is 267 g/mol. The van der Waals surface area contributed by atoms with Gasteiger partial charge in [-0.15, -0.1) is 0 Å². The average Bonchev–Trinajstić information content (AvgIpc) is 2.85. The van der Waals surface area contributed by atoms with Crippen molar-refractivity contribution in [2.45, 2.75) is 0 Å². The molecule has 0 radical (unpaired) electrons. The Balaban J connectivity index is 2.11. The van der Waals surface area contributed by atoms with Crippen molar-refractivity contribution in [1.29, 1.82) is 0 Å². The molecule has 0 bridgehead atoms. The first kappa shape index (κ1) is 11.1.